The van der Waals surface area contributed by atoms with Gasteiger partial charge in [0.1, 0.15) is 0 Å². The summed E-state index contributed by atoms with van der Waals surface area (Å²) in [5.41, 5.74) is 6.75. The van der Waals surface area contributed by atoms with Crippen LogP contribution >= 0.6 is 11.3 Å². The molecule has 0 aromatic carbocycles. The maximum absolute atomic E-state index is 12.2. The Hall–Kier alpha value is -0.870. The molecule has 3 N–H and O–H groups in total. The van der Waals surface area contributed by atoms with Crippen LogP contribution in [0.2, 0.25) is 0 Å². The van der Waals surface area contributed by atoms with Crippen molar-refractivity contribution in [2.45, 2.75) is 39.2 Å². The molecule has 1 atom stereocenters. The summed E-state index contributed by atoms with van der Waals surface area (Å²) in [6, 6.07) is 1.96. The summed E-state index contributed by atoms with van der Waals surface area (Å²) in [4.78, 5) is 14.2. The number of hydrogen-bond acceptors (Lipinski definition) is 3. The van der Waals surface area contributed by atoms with E-state index in [0.717, 1.165) is 4.88 Å². The average molecular weight is 252 g/mol. The third kappa shape index (κ3) is 2.53. The summed E-state index contributed by atoms with van der Waals surface area (Å²) >= 11 is 1.55. The monoisotopic (exact) mass is 252 g/mol. The predicted molar refractivity (Wildman–Crippen MR) is 71.4 cm³/mol. The molecule has 1 unspecified atom stereocenters. The van der Waals surface area contributed by atoms with E-state index in [4.69, 9.17) is 5.73 Å². The van der Waals surface area contributed by atoms with Crippen molar-refractivity contribution < 1.29 is 4.79 Å². The Morgan fingerprint density at radius 1 is 1.59 bits per heavy atom. The van der Waals surface area contributed by atoms with E-state index in [9.17, 15) is 4.79 Å². The van der Waals surface area contributed by atoms with Crippen molar-refractivity contribution in [3.63, 3.8) is 0 Å². The first kappa shape index (κ1) is 12.6. The third-order valence-corrected chi connectivity index (χ3v) is 4.84. The normalized spacial score (nSPS) is 18.8. The summed E-state index contributed by atoms with van der Waals surface area (Å²) in [5, 5.41) is 3.11. The molecule has 1 amide bonds. The molecule has 1 fully saturated rings. The predicted octanol–water partition coefficient (Wildman–Crippen LogP) is 2.22. The summed E-state index contributed by atoms with van der Waals surface area (Å²) < 4.78 is 0. The Balaban J connectivity index is 2.10. The van der Waals surface area contributed by atoms with Crippen molar-refractivity contribution in [3.8, 4) is 0 Å². The highest BCUT2D eigenvalue weighted by Crippen LogP contribution is 2.39. The van der Waals surface area contributed by atoms with E-state index < -0.39 is 0 Å². The fourth-order valence-electron chi connectivity index (χ4n) is 2.05. The van der Waals surface area contributed by atoms with E-state index in [1.165, 1.54) is 23.3 Å². The molecule has 1 aliphatic carbocycles. The molecule has 17 heavy (non-hydrogen) atoms. The van der Waals surface area contributed by atoms with E-state index >= 15 is 0 Å². The Morgan fingerprint density at radius 3 is 2.65 bits per heavy atom. The zero-order valence-corrected chi connectivity index (χ0v) is 11.5. The molecule has 0 aliphatic heterocycles. The van der Waals surface area contributed by atoms with Gasteiger partial charge < -0.3 is 11.1 Å². The van der Waals surface area contributed by atoms with Gasteiger partial charge in [0.05, 0.1) is 10.4 Å². The smallest absolute Gasteiger partial charge is 0.261 e. The van der Waals surface area contributed by atoms with E-state index in [2.05, 4.69) is 12.2 Å². The van der Waals surface area contributed by atoms with Gasteiger partial charge >= 0.3 is 0 Å². The van der Waals surface area contributed by atoms with Crippen LogP contribution in [0.25, 0.3) is 0 Å². The summed E-state index contributed by atoms with van der Waals surface area (Å²) in [5.74, 6) is 0.574. The SMILES string of the molecule is Cc1cc(C(=O)NC(C)(CN)C2CC2)sc1C. The van der Waals surface area contributed by atoms with Crippen LogP contribution in [0.15, 0.2) is 6.07 Å². The molecule has 0 spiro atoms. The summed E-state index contributed by atoms with van der Waals surface area (Å²) in [6.45, 7) is 6.63. The van der Waals surface area contributed by atoms with E-state index in [1.54, 1.807) is 11.3 Å². The maximum Gasteiger partial charge on any atom is 0.261 e. The van der Waals surface area contributed by atoms with Crippen molar-refractivity contribution >= 4 is 17.2 Å². The molecule has 1 aliphatic rings. The Bertz CT molecular complexity index is 417. The molecule has 1 aromatic heterocycles. The lowest BCUT2D eigenvalue weighted by Gasteiger charge is -2.29. The second kappa shape index (κ2) is 4.42. The lowest BCUT2D eigenvalue weighted by molar-refractivity contribution is 0.0902. The molecule has 1 aromatic rings. The van der Waals surface area contributed by atoms with Crippen LogP contribution in [0.3, 0.4) is 0 Å². The molecule has 1 heterocycles. The van der Waals surface area contributed by atoms with Gasteiger partial charge in [-0.15, -0.1) is 11.3 Å². The molecule has 4 heteroatoms. The second-order valence-corrected chi connectivity index (χ2v) is 6.46. The highest BCUT2D eigenvalue weighted by molar-refractivity contribution is 7.14. The van der Waals surface area contributed by atoms with E-state index in [-0.39, 0.29) is 11.4 Å². The molecule has 2 rings (SSSR count). The fourth-order valence-corrected chi connectivity index (χ4v) is 2.98. The molecular weight excluding hydrogens is 232 g/mol. The van der Waals surface area contributed by atoms with Crippen molar-refractivity contribution in [2.75, 3.05) is 6.54 Å². The zero-order chi connectivity index (χ0) is 12.6. The number of nitrogens with one attached hydrogen (secondary N) is 1. The number of hydrogen-bond donors (Lipinski definition) is 2. The van der Waals surface area contributed by atoms with Crippen LogP contribution in [0.1, 0.15) is 39.9 Å². The van der Waals surface area contributed by atoms with Gasteiger partial charge in [-0.25, -0.2) is 0 Å². The van der Waals surface area contributed by atoms with Crippen LogP contribution in [-0.4, -0.2) is 18.0 Å². The third-order valence-electron chi connectivity index (χ3n) is 3.69. The summed E-state index contributed by atoms with van der Waals surface area (Å²) in [7, 11) is 0. The van der Waals surface area contributed by atoms with Crippen LogP contribution in [0.5, 0.6) is 0 Å². The average Bonchev–Trinajstić information content (AvgIpc) is 3.07. The molecule has 1 saturated carbocycles. The highest BCUT2D eigenvalue weighted by atomic mass is 32.1. The number of thiophene rings is 1. The molecule has 0 bridgehead atoms. The molecule has 3 nitrogen and oxygen atoms in total. The van der Waals surface area contributed by atoms with E-state index in [0.29, 0.717) is 12.5 Å². The molecule has 0 saturated heterocycles. The Kier molecular flexibility index (Phi) is 3.27. The van der Waals surface area contributed by atoms with Crippen LogP contribution in [0.4, 0.5) is 0 Å². The van der Waals surface area contributed by atoms with Gasteiger partial charge in [0.2, 0.25) is 0 Å². The minimum Gasteiger partial charge on any atom is -0.345 e. The van der Waals surface area contributed by atoms with Gasteiger partial charge in [0.15, 0.2) is 0 Å². The number of carbonyl (C=O) groups excluding carboxylic acids is 1. The topological polar surface area (TPSA) is 55.1 Å². The number of rotatable bonds is 4. The fraction of sp³-hybridized carbons (Fsp3) is 0.615. The minimum atomic E-state index is -0.233. The maximum atomic E-state index is 12.2. The molecule has 0 radical (unpaired) electrons. The number of carbonyl (C=O) groups is 1. The summed E-state index contributed by atoms with van der Waals surface area (Å²) in [6.07, 6.45) is 2.35. The first-order valence-electron chi connectivity index (χ1n) is 6.06. The highest BCUT2D eigenvalue weighted by Gasteiger charge is 2.41. The van der Waals surface area contributed by atoms with Gasteiger partial charge in [0.25, 0.3) is 5.91 Å². The minimum absolute atomic E-state index is 0.0195. The first-order valence-corrected chi connectivity index (χ1v) is 6.87. The van der Waals surface area contributed by atoms with Gasteiger partial charge in [-0.2, -0.15) is 0 Å². The van der Waals surface area contributed by atoms with E-state index in [1.807, 2.05) is 19.9 Å². The lowest BCUT2D eigenvalue weighted by Crippen LogP contribution is -2.53. The first-order chi connectivity index (χ1) is 7.96. The number of nitrogens with two attached hydrogens (primary N) is 1. The van der Waals surface area contributed by atoms with Crippen molar-refractivity contribution in [3.05, 3.63) is 21.4 Å². The van der Waals surface area contributed by atoms with Gasteiger partial charge in [-0.1, -0.05) is 0 Å². The van der Waals surface area contributed by atoms with Crippen molar-refractivity contribution in [1.82, 2.24) is 5.32 Å². The Morgan fingerprint density at radius 2 is 2.24 bits per heavy atom. The van der Waals surface area contributed by atoms with Gasteiger partial charge in [-0.3, -0.25) is 4.79 Å². The largest absolute Gasteiger partial charge is 0.345 e. The number of amides is 1. The Labute approximate surface area is 106 Å². The van der Waals surface area contributed by atoms with Gasteiger partial charge in [0, 0.05) is 11.4 Å². The second-order valence-electron chi connectivity index (χ2n) is 5.20. The van der Waals surface area contributed by atoms with Crippen LogP contribution in [0, 0.1) is 19.8 Å². The van der Waals surface area contributed by atoms with Crippen LogP contribution < -0.4 is 11.1 Å². The quantitative estimate of drug-likeness (QED) is 0.863. The standard InChI is InChI=1S/C13H20N2OS/c1-8-6-11(17-9(8)2)12(16)15-13(3,7-14)10-4-5-10/h6,10H,4-5,7,14H2,1-3H3,(H,15,16). The molecular formula is C13H20N2OS. The van der Waals surface area contributed by atoms with Gasteiger partial charge in [-0.05, 0) is 51.2 Å². The van der Waals surface area contributed by atoms with Crippen molar-refractivity contribution in [1.29, 1.82) is 0 Å². The molecule has 94 valence electrons. The lowest BCUT2D eigenvalue weighted by atomic mass is 9.96. The number of aryl methyl sites for hydroxylation is 2. The zero-order valence-electron chi connectivity index (χ0n) is 10.7. The van der Waals surface area contributed by atoms with Crippen LogP contribution in [-0.2, 0) is 0 Å². The van der Waals surface area contributed by atoms with Crippen molar-refractivity contribution in [2.24, 2.45) is 11.7 Å².